The molecule has 4 heteroatoms. The van der Waals surface area contributed by atoms with E-state index >= 15 is 0 Å². The van der Waals surface area contributed by atoms with Gasteiger partial charge in [0.25, 0.3) is 0 Å². The Hall–Kier alpha value is -0.610. The Morgan fingerprint density at radius 1 is 1.44 bits per heavy atom. The predicted octanol–water partition coefficient (Wildman–Crippen LogP) is 1.36. The first-order valence-electron chi connectivity index (χ1n) is 7.33. The summed E-state index contributed by atoms with van der Waals surface area (Å²) in [6.07, 6.45) is 3.47. The van der Waals surface area contributed by atoms with Gasteiger partial charge in [-0.1, -0.05) is 19.8 Å². The minimum Gasteiger partial charge on any atom is -0.355 e. The standard InChI is InChI=1S/C14H29N3O/c1-5-6-7-8-15-14(18)13(4)17-10-11(2)16-9-12(17)3/h11-13,16H,5-10H2,1-4H3,(H,15,18). The molecule has 0 bridgehead atoms. The van der Waals surface area contributed by atoms with E-state index in [1.54, 1.807) is 0 Å². The van der Waals surface area contributed by atoms with Crippen LogP contribution in [0.4, 0.5) is 0 Å². The molecule has 0 aromatic carbocycles. The Balaban J connectivity index is 2.36. The Morgan fingerprint density at radius 2 is 2.17 bits per heavy atom. The lowest BCUT2D eigenvalue weighted by Crippen LogP contribution is -2.60. The van der Waals surface area contributed by atoms with Crippen molar-refractivity contribution in [1.29, 1.82) is 0 Å². The minimum atomic E-state index is -0.0221. The van der Waals surface area contributed by atoms with Crippen molar-refractivity contribution in [3.8, 4) is 0 Å². The summed E-state index contributed by atoms with van der Waals surface area (Å²) in [4.78, 5) is 14.4. The zero-order valence-corrected chi connectivity index (χ0v) is 12.3. The average molecular weight is 255 g/mol. The number of hydrogen-bond acceptors (Lipinski definition) is 3. The molecule has 0 aromatic heterocycles. The molecule has 4 nitrogen and oxygen atoms in total. The first-order chi connectivity index (χ1) is 8.56. The highest BCUT2D eigenvalue weighted by Crippen LogP contribution is 2.11. The molecular weight excluding hydrogens is 226 g/mol. The molecular formula is C14H29N3O. The monoisotopic (exact) mass is 255 g/mol. The van der Waals surface area contributed by atoms with Crippen LogP contribution in [0.1, 0.15) is 47.0 Å². The summed E-state index contributed by atoms with van der Waals surface area (Å²) < 4.78 is 0. The number of carbonyl (C=O) groups excluding carboxylic acids is 1. The van der Waals surface area contributed by atoms with Crippen molar-refractivity contribution in [1.82, 2.24) is 15.5 Å². The third-order valence-corrected chi connectivity index (χ3v) is 3.77. The molecule has 1 rings (SSSR count). The van der Waals surface area contributed by atoms with Crippen molar-refractivity contribution >= 4 is 5.91 Å². The summed E-state index contributed by atoms with van der Waals surface area (Å²) in [7, 11) is 0. The van der Waals surface area contributed by atoms with E-state index in [4.69, 9.17) is 0 Å². The number of rotatable bonds is 6. The van der Waals surface area contributed by atoms with Crippen LogP contribution in [0.15, 0.2) is 0 Å². The topological polar surface area (TPSA) is 44.4 Å². The van der Waals surface area contributed by atoms with Gasteiger partial charge in [0.2, 0.25) is 5.91 Å². The van der Waals surface area contributed by atoms with Crippen LogP contribution in [0.5, 0.6) is 0 Å². The fourth-order valence-electron chi connectivity index (χ4n) is 2.47. The van der Waals surface area contributed by atoms with Crippen LogP contribution in [0.25, 0.3) is 0 Å². The molecule has 106 valence electrons. The summed E-state index contributed by atoms with van der Waals surface area (Å²) in [5.74, 6) is 0.173. The van der Waals surface area contributed by atoms with Gasteiger partial charge in [-0.15, -0.1) is 0 Å². The highest BCUT2D eigenvalue weighted by molar-refractivity contribution is 5.81. The largest absolute Gasteiger partial charge is 0.355 e. The molecule has 1 amide bonds. The molecule has 2 N–H and O–H groups in total. The van der Waals surface area contributed by atoms with Gasteiger partial charge in [-0.05, 0) is 27.2 Å². The van der Waals surface area contributed by atoms with Gasteiger partial charge in [0.05, 0.1) is 6.04 Å². The number of nitrogens with zero attached hydrogens (tertiary/aromatic N) is 1. The lowest BCUT2D eigenvalue weighted by molar-refractivity contribution is -0.127. The number of nitrogens with one attached hydrogen (secondary N) is 2. The van der Waals surface area contributed by atoms with E-state index in [1.165, 1.54) is 12.8 Å². The second-order valence-corrected chi connectivity index (χ2v) is 5.53. The molecule has 0 radical (unpaired) electrons. The number of amides is 1. The van der Waals surface area contributed by atoms with Gasteiger partial charge < -0.3 is 10.6 Å². The predicted molar refractivity (Wildman–Crippen MR) is 75.6 cm³/mol. The Kier molecular flexibility index (Phi) is 6.65. The number of unbranched alkanes of at least 4 members (excludes halogenated alkanes) is 2. The fourth-order valence-corrected chi connectivity index (χ4v) is 2.47. The molecule has 18 heavy (non-hydrogen) atoms. The van der Waals surface area contributed by atoms with Crippen molar-refractivity contribution in [2.24, 2.45) is 0 Å². The molecule has 0 spiro atoms. The Labute approximate surface area is 111 Å². The van der Waals surface area contributed by atoms with E-state index in [0.717, 1.165) is 26.1 Å². The minimum absolute atomic E-state index is 0.0221. The quantitative estimate of drug-likeness (QED) is 0.705. The Morgan fingerprint density at radius 3 is 2.83 bits per heavy atom. The summed E-state index contributed by atoms with van der Waals surface area (Å²) in [6.45, 7) is 11.3. The molecule has 3 unspecified atom stereocenters. The molecule has 1 heterocycles. The van der Waals surface area contributed by atoms with E-state index in [2.05, 4.69) is 36.3 Å². The summed E-state index contributed by atoms with van der Waals surface area (Å²) in [5, 5.41) is 6.49. The normalized spacial score (nSPS) is 26.9. The number of carbonyl (C=O) groups is 1. The van der Waals surface area contributed by atoms with Crippen LogP contribution in [0, 0.1) is 0 Å². The zero-order chi connectivity index (χ0) is 13.5. The maximum atomic E-state index is 12.1. The van der Waals surface area contributed by atoms with Gasteiger partial charge >= 0.3 is 0 Å². The third kappa shape index (κ3) is 4.58. The summed E-state index contributed by atoms with van der Waals surface area (Å²) in [5.41, 5.74) is 0. The van der Waals surface area contributed by atoms with Crippen molar-refractivity contribution in [2.75, 3.05) is 19.6 Å². The van der Waals surface area contributed by atoms with Gasteiger partial charge in [0, 0.05) is 31.7 Å². The fraction of sp³-hybridized carbons (Fsp3) is 0.929. The van der Waals surface area contributed by atoms with Gasteiger partial charge in [0.1, 0.15) is 0 Å². The van der Waals surface area contributed by atoms with E-state index in [1.807, 2.05) is 6.92 Å². The first kappa shape index (κ1) is 15.4. The molecule has 1 saturated heterocycles. The summed E-state index contributed by atoms with van der Waals surface area (Å²) in [6, 6.07) is 0.875. The highest BCUT2D eigenvalue weighted by atomic mass is 16.2. The maximum absolute atomic E-state index is 12.1. The van der Waals surface area contributed by atoms with Crippen molar-refractivity contribution in [3.05, 3.63) is 0 Å². The SMILES string of the molecule is CCCCCNC(=O)C(C)N1CC(C)NCC1C. The van der Waals surface area contributed by atoms with Crippen molar-refractivity contribution in [3.63, 3.8) is 0 Å². The van der Waals surface area contributed by atoms with Crippen molar-refractivity contribution < 1.29 is 4.79 Å². The molecule has 1 aliphatic heterocycles. The average Bonchev–Trinajstić information content (AvgIpc) is 2.36. The zero-order valence-electron chi connectivity index (χ0n) is 12.3. The molecule has 0 saturated carbocycles. The van der Waals surface area contributed by atoms with Crippen LogP contribution in [-0.2, 0) is 4.79 Å². The second kappa shape index (κ2) is 7.74. The third-order valence-electron chi connectivity index (χ3n) is 3.77. The molecule has 0 aromatic rings. The van der Waals surface area contributed by atoms with Crippen LogP contribution < -0.4 is 10.6 Å². The van der Waals surface area contributed by atoms with Crippen LogP contribution in [0.2, 0.25) is 0 Å². The first-order valence-corrected chi connectivity index (χ1v) is 7.33. The highest BCUT2D eigenvalue weighted by Gasteiger charge is 2.29. The van der Waals surface area contributed by atoms with Gasteiger partial charge in [-0.3, -0.25) is 9.69 Å². The van der Waals surface area contributed by atoms with E-state index in [-0.39, 0.29) is 11.9 Å². The molecule has 0 aliphatic carbocycles. The summed E-state index contributed by atoms with van der Waals surface area (Å²) >= 11 is 0. The Bertz CT molecular complexity index is 257. The van der Waals surface area contributed by atoms with Gasteiger partial charge in [-0.2, -0.15) is 0 Å². The smallest absolute Gasteiger partial charge is 0.237 e. The molecule has 1 aliphatic rings. The second-order valence-electron chi connectivity index (χ2n) is 5.53. The lowest BCUT2D eigenvalue weighted by Gasteiger charge is -2.40. The van der Waals surface area contributed by atoms with Gasteiger partial charge in [-0.25, -0.2) is 0 Å². The van der Waals surface area contributed by atoms with Gasteiger partial charge in [0.15, 0.2) is 0 Å². The van der Waals surface area contributed by atoms with Crippen molar-refractivity contribution in [2.45, 2.75) is 65.1 Å². The van der Waals surface area contributed by atoms with Crippen LogP contribution >= 0.6 is 0 Å². The lowest BCUT2D eigenvalue weighted by atomic mass is 10.1. The number of piperazine rings is 1. The van der Waals surface area contributed by atoms with E-state index in [0.29, 0.717) is 12.1 Å². The molecule has 1 fully saturated rings. The maximum Gasteiger partial charge on any atom is 0.237 e. The van der Waals surface area contributed by atoms with Crippen LogP contribution in [-0.4, -0.2) is 48.6 Å². The number of hydrogen-bond donors (Lipinski definition) is 2. The van der Waals surface area contributed by atoms with Crippen LogP contribution in [0.3, 0.4) is 0 Å². The molecule has 3 atom stereocenters. The van der Waals surface area contributed by atoms with E-state index < -0.39 is 0 Å². The van der Waals surface area contributed by atoms with E-state index in [9.17, 15) is 4.79 Å².